The number of nitriles is 1. The number of hydrogen-bond acceptors (Lipinski definition) is 4. The van der Waals surface area contributed by atoms with Crippen molar-refractivity contribution >= 4 is 17.3 Å². The largest absolute Gasteiger partial charge is 0.396 e. The average molecular weight is 260 g/mol. The maximum Gasteiger partial charge on any atom is 0.241 e. The van der Waals surface area contributed by atoms with Gasteiger partial charge in [-0.05, 0) is 18.6 Å². The molecule has 1 aromatic rings. The number of likely N-dealkylation sites (N-methyl/N-ethyl adjacent to an activating group) is 1. The van der Waals surface area contributed by atoms with Gasteiger partial charge in [-0.15, -0.1) is 0 Å². The summed E-state index contributed by atoms with van der Waals surface area (Å²) in [6, 6.07) is 7.37. The van der Waals surface area contributed by atoms with Gasteiger partial charge in [0.15, 0.2) is 0 Å². The smallest absolute Gasteiger partial charge is 0.241 e. The van der Waals surface area contributed by atoms with Gasteiger partial charge in [-0.2, -0.15) is 5.26 Å². The number of nitrogen functional groups attached to an aromatic ring is 1. The van der Waals surface area contributed by atoms with E-state index in [9.17, 15) is 4.79 Å². The fraction of sp³-hybridized carbons (Fsp3) is 0.429. The van der Waals surface area contributed by atoms with Gasteiger partial charge in [0.1, 0.15) is 6.07 Å². The zero-order valence-electron chi connectivity index (χ0n) is 11.7. The number of carbonyl (C=O) groups excluding carboxylic acids is 1. The molecule has 0 bridgehead atoms. The van der Waals surface area contributed by atoms with Gasteiger partial charge >= 0.3 is 0 Å². The van der Waals surface area contributed by atoms with Crippen molar-refractivity contribution in [2.75, 3.05) is 37.8 Å². The molecule has 2 N–H and O–H groups in total. The second kappa shape index (κ2) is 6.64. The Bertz CT molecular complexity index is 491. The molecule has 5 heteroatoms. The lowest BCUT2D eigenvalue weighted by Gasteiger charge is -2.26. The lowest BCUT2D eigenvalue weighted by molar-refractivity contribution is -0.127. The Hall–Kier alpha value is -2.22. The molecular formula is C14H20N4O. The van der Waals surface area contributed by atoms with E-state index >= 15 is 0 Å². The van der Waals surface area contributed by atoms with E-state index in [-0.39, 0.29) is 12.5 Å². The van der Waals surface area contributed by atoms with E-state index in [1.54, 1.807) is 31.1 Å². The first-order valence-electron chi connectivity index (χ1n) is 6.25. The highest BCUT2D eigenvalue weighted by Crippen LogP contribution is 2.26. The Morgan fingerprint density at radius 1 is 1.42 bits per heavy atom. The summed E-state index contributed by atoms with van der Waals surface area (Å²) in [6.45, 7) is 3.02. The monoisotopic (exact) mass is 260 g/mol. The molecular weight excluding hydrogens is 240 g/mol. The van der Waals surface area contributed by atoms with Crippen LogP contribution in [0.2, 0.25) is 0 Å². The van der Waals surface area contributed by atoms with Crippen molar-refractivity contribution in [3.8, 4) is 6.07 Å². The van der Waals surface area contributed by atoms with Gasteiger partial charge in [0, 0.05) is 20.6 Å². The summed E-state index contributed by atoms with van der Waals surface area (Å²) in [5.74, 6) is 0.00945. The molecule has 1 rings (SSSR count). The lowest BCUT2D eigenvalue weighted by Crippen LogP contribution is -2.37. The highest BCUT2D eigenvalue weighted by molar-refractivity contribution is 5.83. The minimum Gasteiger partial charge on any atom is -0.396 e. The highest BCUT2D eigenvalue weighted by Gasteiger charge is 2.16. The third-order valence-corrected chi connectivity index (χ3v) is 2.86. The van der Waals surface area contributed by atoms with Crippen LogP contribution in [-0.2, 0) is 4.79 Å². The molecule has 0 spiro atoms. The summed E-state index contributed by atoms with van der Waals surface area (Å²) in [5, 5.41) is 9.00. The van der Waals surface area contributed by atoms with Gasteiger partial charge in [-0.3, -0.25) is 4.79 Å². The molecule has 0 aliphatic rings. The number of carbonyl (C=O) groups is 1. The first-order valence-corrected chi connectivity index (χ1v) is 6.25. The molecule has 0 aliphatic carbocycles. The maximum atomic E-state index is 11.8. The quantitative estimate of drug-likeness (QED) is 0.813. The predicted octanol–water partition coefficient (Wildman–Crippen LogP) is 1.45. The van der Waals surface area contributed by atoms with E-state index in [0.717, 1.165) is 18.7 Å². The normalized spacial score (nSPS) is 9.79. The van der Waals surface area contributed by atoms with Gasteiger partial charge in [0.05, 0.1) is 23.5 Å². The van der Waals surface area contributed by atoms with E-state index in [1.165, 1.54) is 0 Å². The van der Waals surface area contributed by atoms with Crippen molar-refractivity contribution in [3.05, 3.63) is 23.8 Å². The van der Waals surface area contributed by atoms with Crippen molar-refractivity contribution in [1.29, 1.82) is 5.26 Å². The molecule has 0 heterocycles. The van der Waals surface area contributed by atoms with Crippen LogP contribution in [0, 0.1) is 11.3 Å². The molecule has 5 nitrogen and oxygen atoms in total. The molecule has 0 saturated heterocycles. The number of amides is 1. The fourth-order valence-electron chi connectivity index (χ4n) is 1.79. The number of hydrogen-bond donors (Lipinski definition) is 1. The van der Waals surface area contributed by atoms with Crippen LogP contribution >= 0.6 is 0 Å². The van der Waals surface area contributed by atoms with Crippen molar-refractivity contribution in [2.24, 2.45) is 0 Å². The van der Waals surface area contributed by atoms with Gasteiger partial charge in [-0.25, -0.2) is 0 Å². The Morgan fingerprint density at radius 3 is 2.63 bits per heavy atom. The summed E-state index contributed by atoms with van der Waals surface area (Å²) >= 11 is 0. The van der Waals surface area contributed by atoms with Crippen LogP contribution in [0.5, 0.6) is 0 Å². The lowest BCUT2D eigenvalue weighted by atomic mass is 10.1. The summed E-state index contributed by atoms with van der Waals surface area (Å²) in [7, 11) is 3.45. The van der Waals surface area contributed by atoms with Crippen molar-refractivity contribution in [1.82, 2.24) is 4.90 Å². The topological polar surface area (TPSA) is 73.4 Å². The van der Waals surface area contributed by atoms with Crippen LogP contribution < -0.4 is 10.6 Å². The van der Waals surface area contributed by atoms with Gasteiger partial charge in [-0.1, -0.05) is 13.0 Å². The Balaban J connectivity index is 3.06. The molecule has 0 aromatic heterocycles. The zero-order chi connectivity index (χ0) is 14.4. The van der Waals surface area contributed by atoms with Crippen LogP contribution in [-0.4, -0.2) is 38.0 Å². The SMILES string of the molecule is CCCN(CC(=O)N(C)C)c1cccc(C#N)c1N. The van der Waals surface area contributed by atoms with E-state index < -0.39 is 0 Å². The summed E-state index contributed by atoms with van der Waals surface area (Å²) < 4.78 is 0. The number of nitrogens with zero attached hydrogens (tertiary/aromatic N) is 3. The van der Waals surface area contributed by atoms with Crippen molar-refractivity contribution in [2.45, 2.75) is 13.3 Å². The fourth-order valence-corrected chi connectivity index (χ4v) is 1.79. The van der Waals surface area contributed by atoms with Crippen LogP contribution in [0.4, 0.5) is 11.4 Å². The minimum absolute atomic E-state index is 0.00945. The number of anilines is 2. The Labute approximate surface area is 114 Å². The molecule has 0 aliphatic heterocycles. The summed E-state index contributed by atoms with van der Waals surface area (Å²) in [5.41, 5.74) is 7.61. The first-order chi connectivity index (χ1) is 9.01. The number of rotatable bonds is 5. The zero-order valence-corrected chi connectivity index (χ0v) is 11.7. The van der Waals surface area contributed by atoms with Gasteiger partial charge < -0.3 is 15.5 Å². The van der Waals surface area contributed by atoms with Crippen LogP contribution in [0.25, 0.3) is 0 Å². The standard InChI is InChI=1S/C14H20N4O/c1-4-8-18(10-13(19)17(2)3)12-7-5-6-11(9-15)14(12)16/h5-7H,4,8,10,16H2,1-3H3. The second-order valence-corrected chi connectivity index (χ2v) is 4.56. The molecule has 0 radical (unpaired) electrons. The number of para-hydroxylation sites is 1. The van der Waals surface area contributed by atoms with Crippen LogP contribution in [0.3, 0.4) is 0 Å². The van der Waals surface area contributed by atoms with E-state index in [2.05, 4.69) is 6.07 Å². The summed E-state index contributed by atoms with van der Waals surface area (Å²) in [6.07, 6.45) is 0.900. The van der Waals surface area contributed by atoms with Crippen molar-refractivity contribution < 1.29 is 4.79 Å². The van der Waals surface area contributed by atoms with E-state index in [0.29, 0.717) is 11.3 Å². The van der Waals surface area contributed by atoms with Gasteiger partial charge in [0.25, 0.3) is 0 Å². The minimum atomic E-state index is 0.00945. The Kier molecular flexibility index (Phi) is 5.19. The third-order valence-electron chi connectivity index (χ3n) is 2.86. The Morgan fingerprint density at radius 2 is 2.11 bits per heavy atom. The summed E-state index contributed by atoms with van der Waals surface area (Å²) in [4.78, 5) is 15.3. The molecule has 0 saturated carbocycles. The molecule has 1 aromatic carbocycles. The van der Waals surface area contributed by atoms with E-state index in [1.807, 2.05) is 17.9 Å². The third kappa shape index (κ3) is 3.62. The first kappa shape index (κ1) is 14.8. The second-order valence-electron chi connectivity index (χ2n) is 4.56. The highest BCUT2D eigenvalue weighted by atomic mass is 16.2. The predicted molar refractivity (Wildman–Crippen MR) is 76.8 cm³/mol. The molecule has 1 amide bonds. The van der Waals surface area contributed by atoms with Gasteiger partial charge in [0.2, 0.25) is 5.91 Å². The number of benzene rings is 1. The average Bonchev–Trinajstić information content (AvgIpc) is 2.38. The molecule has 102 valence electrons. The maximum absolute atomic E-state index is 11.8. The van der Waals surface area contributed by atoms with Crippen molar-refractivity contribution in [3.63, 3.8) is 0 Å². The van der Waals surface area contributed by atoms with Crippen LogP contribution in [0.15, 0.2) is 18.2 Å². The van der Waals surface area contributed by atoms with Crippen LogP contribution in [0.1, 0.15) is 18.9 Å². The van der Waals surface area contributed by atoms with E-state index in [4.69, 9.17) is 11.0 Å². The molecule has 0 unspecified atom stereocenters. The molecule has 0 atom stereocenters. The number of nitrogens with two attached hydrogens (primary N) is 1. The molecule has 0 fully saturated rings. The molecule has 19 heavy (non-hydrogen) atoms.